The molecule has 0 saturated carbocycles. The Balaban J connectivity index is 1.22. The van der Waals surface area contributed by atoms with Crippen molar-refractivity contribution in [1.29, 1.82) is 0 Å². The summed E-state index contributed by atoms with van der Waals surface area (Å²) in [6.45, 7) is 0.637. The van der Waals surface area contributed by atoms with Gasteiger partial charge in [-0.1, -0.05) is 54.6 Å². The minimum atomic E-state index is -0.266. The van der Waals surface area contributed by atoms with Gasteiger partial charge in [-0.25, -0.2) is 9.37 Å². The van der Waals surface area contributed by atoms with Crippen molar-refractivity contribution in [3.05, 3.63) is 108 Å². The number of nitrogens with one attached hydrogen (secondary N) is 1. The first-order chi connectivity index (χ1) is 15.7. The molecule has 3 aromatic carbocycles. The van der Waals surface area contributed by atoms with E-state index < -0.39 is 0 Å². The molecule has 0 unspecified atom stereocenters. The predicted octanol–water partition coefficient (Wildman–Crippen LogP) is 6.69. The van der Waals surface area contributed by atoms with Gasteiger partial charge < -0.3 is 5.32 Å². The van der Waals surface area contributed by atoms with Crippen LogP contribution >= 0.6 is 11.3 Å². The Morgan fingerprint density at radius 3 is 2.12 bits per heavy atom. The van der Waals surface area contributed by atoms with Crippen LogP contribution < -0.4 is 5.32 Å². The third-order valence-electron chi connectivity index (χ3n) is 5.05. The van der Waals surface area contributed by atoms with E-state index in [-0.39, 0.29) is 5.82 Å². The highest BCUT2D eigenvalue weighted by Crippen LogP contribution is 2.29. The van der Waals surface area contributed by atoms with E-state index in [0.29, 0.717) is 18.1 Å². The fourth-order valence-electron chi connectivity index (χ4n) is 3.31. The van der Waals surface area contributed by atoms with Gasteiger partial charge >= 0.3 is 0 Å². The highest BCUT2D eigenvalue weighted by molar-refractivity contribution is 7.13. The second-order valence-electron chi connectivity index (χ2n) is 7.27. The Morgan fingerprint density at radius 1 is 0.688 bits per heavy atom. The topological polar surface area (TPSA) is 50.7 Å². The number of halogens is 1. The van der Waals surface area contributed by atoms with Crippen molar-refractivity contribution in [3.63, 3.8) is 0 Å². The predicted molar refractivity (Wildman–Crippen MR) is 128 cm³/mol. The molecule has 5 rings (SSSR count). The number of benzene rings is 3. The largest absolute Gasteiger partial charge is 0.365 e. The molecule has 2 aromatic heterocycles. The van der Waals surface area contributed by atoms with E-state index in [1.807, 2.05) is 30.3 Å². The molecule has 0 amide bonds. The first kappa shape index (κ1) is 20.0. The SMILES string of the molecule is Fc1ccc(-c2ccc(NCc3ccc(-c4nc(-c5ccccc5)cs4)cc3)nn2)cc1. The van der Waals surface area contributed by atoms with Gasteiger partial charge in [-0.2, -0.15) is 0 Å². The molecule has 6 heteroatoms. The maximum atomic E-state index is 13.1. The van der Waals surface area contributed by atoms with Gasteiger partial charge in [-0.05, 0) is 42.0 Å². The maximum absolute atomic E-state index is 13.1. The molecule has 0 aliphatic carbocycles. The summed E-state index contributed by atoms with van der Waals surface area (Å²) in [5.74, 6) is 0.421. The van der Waals surface area contributed by atoms with Gasteiger partial charge in [0.05, 0.1) is 11.4 Å². The van der Waals surface area contributed by atoms with Crippen molar-refractivity contribution >= 4 is 17.2 Å². The molecule has 0 bridgehead atoms. The van der Waals surface area contributed by atoms with Crippen molar-refractivity contribution in [2.24, 2.45) is 0 Å². The molecule has 0 aliphatic rings. The molecule has 32 heavy (non-hydrogen) atoms. The molecule has 4 nitrogen and oxygen atoms in total. The van der Waals surface area contributed by atoms with E-state index in [9.17, 15) is 4.39 Å². The molecule has 5 aromatic rings. The Labute approximate surface area is 189 Å². The lowest BCUT2D eigenvalue weighted by molar-refractivity contribution is 0.628. The number of thiazole rings is 1. The smallest absolute Gasteiger partial charge is 0.148 e. The summed E-state index contributed by atoms with van der Waals surface area (Å²) in [7, 11) is 0. The van der Waals surface area contributed by atoms with Crippen LogP contribution in [-0.2, 0) is 6.54 Å². The van der Waals surface area contributed by atoms with Gasteiger partial charge in [-0.3, -0.25) is 0 Å². The van der Waals surface area contributed by atoms with Crippen molar-refractivity contribution in [3.8, 4) is 33.1 Å². The van der Waals surface area contributed by atoms with Gasteiger partial charge in [0, 0.05) is 28.6 Å². The van der Waals surface area contributed by atoms with E-state index in [0.717, 1.165) is 33.0 Å². The van der Waals surface area contributed by atoms with Gasteiger partial charge in [0.25, 0.3) is 0 Å². The summed E-state index contributed by atoms with van der Waals surface area (Å²) in [6, 6.07) is 28.5. The minimum Gasteiger partial charge on any atom is -0.365 e. The third kappa shape index (κ3) is 4.55. The van der Waals surface area contributed by atoms with Crippen LogP contribution in [0, 0.1) is 5.82 Å². The lowest BCUT2D eigenvalue weighted by Crippen LogP contribution is -2.02. The zero-order valence-corrected chi connectivity index (χ0v) is 17.9. The second-order valence-corrected chi connectivity index (χ2v) is 8.12. The van der Waals surface area contributed by atoms with Crippen LogP contribution in [0.15, 0.2) is 96.4 Å². The normalized spacial score (nSPS) is 10.8. The first-order valence-electron chi connectivity index (χ1n) is 10.2. The Hall–Kier alpha value is -3.90. The number of nitrogens with zero attached hydrogens (tertiary/aromatic N) is 3. The summed E-state index contributed by atoms with van der Waals surface area (Å²) < 4.78 is 13.1. The van der Waals surface area contributed by atoms with Crippen molar-refractivity contribution in [2.75, 3.05) is 5.32 Å². The van der Waals surface area contributed by atoms with E-state index >= 15 is 0 Å². The summed E-state index contributed by atoms with van der Waals surface area (Å²) in [4.78, 5) is 4.78. The average Bonchev–Trinajstić information content (AvgIpc) is 3.35. The van der Waals surface area contributed by atoms with Crippen molar-refractivity contribution < 1.29 is 4.39 Å². The third-order valence-corrected chi connectivity index (χ3v) is 5.94. The van der Waals surface area contributed by atoms with Gasteiger partial charge in [0.15, 0.2) is 0 Å². The molecule has 156 valence electrons. The molecule has 0 aliphatic heterocycles. The quantitative estimate of drug-likeness (QED) is 0.321. The number of hydrogen-bond acceptors (Lipinski definition) is 5. The number of aromatic nitrogens is 3. The van der Waals surface area contributed by atoms with Crippen LogP contribution in [0.1, 0.15) is 5.56 Å². The first-order valence-corrected chi connectivity index (χ1v) is 11.1. The lowest BCUT2D eigenvalue weighted by atomic mass is 10.1. The second kappa shape index (κ2) is 9.08. The fraction of sp³-hybridized carbons (Fsp3) is 0.0385. The van der Waals surface area contributed by atoms with E-state index in [4.69, 9.17) is 4.98 Å². The highest BCUT2D eigenvalue weighted by atomic mass is 32.1. The molecule has 2 heterocycles. The molecule has 0 saturated heterocycles. The van der Waals surface area contributed by atoms with Crippen LogP contribution in [0.4, 0.5) is 10.2 Å². The van der Waals surface area contributed by atoms with Crippen LogP contribution in [0.2, 0.25) is 0 Å². The number of anilines is 1. The molecule has 0 spiro atoms. The minimum absolute atomic E-state index is 0.266. The van der Waals surface area contributed by atoms with E-state index in [1.54, 1.807) is 23.5 Å². The zero-order valence-electron chi connectivity index (χ0n) is 17.1. The summed E-state index contributed by atoms with van der Waals surface area (Å²) in [5.41, 5.74) is 5.90. The molecule has 0 radical (unpaired) electrons. The molecule has 1 N–H and O–H groups in total. The molecular weight excluding hydrogens is 419 g/mol. The monoisotopic (exact) mass is 438 g/mol. The van der Waals surface area contributed by atoms with Gasteiger partial charge in [0.2, 0.25) is 0 Å². The standard InChI is InChI=1S/C26H19FN4S/c27-22-12-10-20(11-13-22)23-14-15-25(31-30-23)28-16-18-6-8-21(9-7-18)26-29-24(17-32-26)19-4-2-1-3-5-19/h1-15,17H,16H2,(H,28,31). The van der Waals surface area contributed by atoms with Crippen LogP contribution in [0.25, 0.3) is 33.1 Å². The van der Waals surface area contributed by atoms with E-state index in [1.165, 1.54) is 12.1 Å². The van der Waals surface area contributed by atoms with Crippen LogP contribution in [0.5, 0.6) is 0 Å². The lowest BCUT2D eigenvalue weighted by Gasteiger charge is -2.07. The molecule has 0 fully saturated rings. The summed E-state index contributed by atoms with van der Waals surface area (Å²) in [6.07, 6.45) is 0. The fourth-order valence-corrected chi connectivity index (χ4v) is 4.14. The van der Waals surface area contributed by atoms with Gasteiger partial charge in [-0.15, -0.1) is 21.5 Å². The Morgan fingerprint density at radius 2 is 1.41 bits per heavy atom. The number of hydrogen-bond donors (Lipinski definition) is 1. The molecular formula is C26H19FN4S. The zero-order chi connectivity index (χ0) is 21.8. The van der Waals surface area contributed by atoms with Crippen LogP contribution in [-0.4, -0.2) is 15.2 Å². The summed E-state index contributed by atoms with van der Waals surface area (Å²) in [5, 5.41) is 14.8. The summed E-state index contributed by atoms with van der Waals surface area (Å²) >= 11 is 1.65. The highest BCUT2D eigenvalue weighted by Gasteiger charge is 2.07. The van der Waals surface area contributed by atoms with E-state index in [2.05, 4.69) is 57.3 Å². The Bertz CT molecular complexity index is 1300. The van der Waals surface area contributed by atoms with Gasteiger partial charge in [0.1, 0.15) is 16.6 Å². The number of rotatable bonds is 6. The van der Waals surface area contributed by atoms with Crippen LogP contribution in [0.3, 0.4) is 0 Å². The molecule has 0 atom stereocenters. The average molecular weight is 439 g/mol. The van der Waals surface area contributed by atoms with Crippen molar-refractivity contribution in [2.45, 2.75) is 6.54 Å². The Kier molecular flexibility index (Phi) is 5.68. The van der Waals surface area contributed by atoms with Crippen molar-refractivity contribution in [1.82, 2.24) is 15.2 Å². The maximum Gasteiger partial charge on any atom is 0.148 e.